The highest BCUT2D eigenvalue weighted by atomic mass is 19.4. The molecule has 2 aromatic carbocycles. The summed E-state index contributed by atoms with van der Waals surface area (Å²) in [5, 5.41) is 5.57. The number of nitrogen functional groups attached to an aromatic ring is 1. The van der Waals surface area contributed by atoms with Crippen molar-refractivity contribution in [1.82, 2.24) is 9.55 Å². The number of nitrogens with one attached hydrogen (secondary N) is 2. The third-order valence-electron chi connectivity index (χ3n) is 5.31. The van der Waals surface area contributed by atoms with Crippen LogP contribution in [0.4, 0.5) is 30.4 Å². The monoisotopic (exact) mass is 546 g/mol. The predicted octanol–water partition coefficient (Wildman–Crippen LogP) is 2.57. The van der Waals surface area contributed by atoms with E-state index in [1.807, 2.05) is 0 Å². The van der Waals surface area contributed by atoms with Crippen molar-refractivity contribution in [3.05, 3.63) is 86.6 Å². The van der Waals surface area contributed by atoms with E-state index in [9.17, 15) is 32.3 Å². The number of halogens is 3. The molecule has 0 fully saturated rings. The number of rotatable bonds is 10. The molecule has 206 valence electrons. The minimum atomic E-state index is -4.58. The first kappa shape index (κ1) is 28.7. The molecule has 0 saturated heterocycles. The number of nitrogens with two attached hydrogens (primary N) is 1. The fourth-order valence-electron chi connectivity index (χ4n) is 3.55. The number of aromatic nitrogens is 2. The van der Waals surface area contributed by atoms with Gasteiger partial charge in [-0.25, -0.2) is 4.79 Å². The number of anilines is 3. The molecule has 14 heteroatoms. The average Bonchev–Trinajstić information content (AvgIpc) is 2.88. The van der Waals surface area contributed by atoms with Crippen LogP contribution in [0.2, 0.25) is 0 Å². The molecule has 1 heterocycles. The van der Waals surface area contributed by atoms with Gasteiger partial charge in [-0.1, -0.05) is 48.5 Å². The van der Waals surface area contributed by atoms with Gasteiger partial charge in [-0.2, -0.15) is 13.2 Å². The number of alkyl halides is 3. The Hall–Kier alpha value is -4.88. The van der Waals surface area contributed by atoms with Crippen molar-refractivity contribution in [3.63, 3.8) is 0 Å². The van der Waals surface area contributed by atoms with Gasteiger partial charge in [0.05, 0.1) is 12.1 Å². The number of H-pyrrole nitrogens is 1. The standard InChI is InChI=1S/C25H25F3N6O5/c1-2-11-33(21-22(29)34(24(38)32-23(21)37)14-16-7-4-3-5-8-16)20(36)15-39-30-13-19(35)31-18-10-6-9-17(12-18)25(26,27)28/h3-10,12-13H,2,11,14-15,29H2,1H3,(H,31,35)(H,32,37,38). The van der Waals surface area contributed by atoms with E-state index in [2.05, 4.69) is 15.5 Å². The predicted molar refractivity (Wildman–Crippen MR) is 138 cm³/mol. The van der Waals surface area contributed by atoms with Crippen LogP contribution >= 0.6 is 0 Å². The topological polar surface area (TPSA) is 152 Å². The summed E-state index contributed by atoms with van der Waals surface area (Å²) in [6.07, 6.45) is -3.52. The summed E-state index contributed by atoms with van der Waals surface area (Å²) in [7, 11) is 0. The molecule has 0 unspecified atom stereocenters. The highest BCUT2D eigenvalue weighted by Gasteiger charge is 2.30. The minimum absolute atomic E-state index is 0.0469. The Kier molecular flexibility index (Phi) is 9.25. The minimum Gasteiger partial charge on any atom is -0.385 e. The van der Waals surface area contributed by atoms with Crippen molar-refractivity contribution in [2.75, 3.05) is 29.1 Å². The summed E-state index contributed by atoms with van der Waals surface area (Å²) in [6.45, 7) is 1.15. The van der Waals surface area contributed by atoms with E-state index in [1.54, 1.807) is 37.3 Å². The van der Waals surface area contributed by atoms with Crippen molar-refractivity contribution >= 4 is 35.2 Å². The second kappa shape index (κ2) is 12.6. The van der Waals surface area contributed by atoms with Gasteiger partial charge in [-0.3, -0.25) is 23.9 Å². The number of carbonyl (C=O) groups is 2. The van der Waals surface area contributed by atoms with Crippen LogP contribution in [-0.4, -0.2) is 40.7 Å². The Labute approximate surface area is 219 Å². The van der Waals surface area contributed by atoms with E-state index in [1.165, 1.54) is 6.07 Å². The Bertz CT molecular complexity index is 1470. The number of hydrogen-bond donors (Lipinski definition) is 3. The number of hydrogen-bond acceptors (Lipinski definition) is 7. The fourth-order valence-corrected chi connectivity index (χ4v) is 3.55. The molecular formula is C25H25F3N6O5. The normalized spacial score (nSPS) is 11.4. The molecule has 1 aromatic heterocycles. The highest BCUT2D eigenvalue weighted by Crippen LogP contribution is 2.30. The van der Waals surface area contributed by atoms with Crippen molar-refractivity contribution < 1.29 is 27.6 Å². The summed E-state index contributed by atoms with van der Waals surface area (Å²) in [5.74, 6) is -1.87. The first-order chi connectivity index (χ1) is 18.5. The van der Waals surface area contributed by atoms with Gasteiger partial charge >= 0.3 is 11.9 Å². The van der Waals surface area contributed by atoms with Gasteiger partial charge < -0.3 is 20.8 Å². The first-order valence-electron chi connectivity index (χ1n) is 11.6. The van der Waals surface area contributed by atoms with Gasteiger partial charge in [0, 0.05) is 12.2 Å². The average molecular weight is 547 g/mol. The van der Waals surface area contributed by atoms with Crippen LogP contribution in [-0.2, 0) is 27.1 Å². The third kappa shape index (κ3) is 7.56. The van der Waals surface area contributed by atoms with Crippen molar-refractivity contribution in [1.29, 1.82) is 0 Å². The molecule has 0 aliphatic carbocycles. The smallest absolute Gasteiger partial charge is 0.385 e. The lowest BCUT2D eigenvalue weighted by Gasteiger charge is -2.23. The van der Waals surface area contributed by atoms with Crippen molar-refractivity contribution in [3.8, 4) is 0 Å². The molecule has 0 atom stereocenters. The maximum absolute atomic E-state index is 12.9. The molecule has 0 spiro atoms. The maximum Gasteiger partial charge on any atom is 0.416 e. The number of benzene rings is 2. The van der Waals surface area contributed by atoms with Gasteiger partial charge in [0.2, 0.25) is 0 Å². The molecule has 0 bridgehead atoms. The van der Waals surface area contributed by atoms with Crippen LogP contribution in [0.3, 0.4) is 0 Å². The SMILES string of the molecule is CCCN(C(=O)CON=CC(=O)Nc1cccc(C(F)(F)F)c1)c1c(N)n(Cc2ccccc2)c(=O)[nH]c1=O. The fraction of sp³-hybridized carbons (Fsp3) is 0.240. The van der Waals surface area contributed by atoms with E-state index in [0.717, 1.165) is 33.2 Å². The van der Waals surface area contributed by atoms with E-state index in [-0.39, 0.29) is 30.3 Å². The molecule has 0 aliphatic heterocycles. The molecule has 0 aliphatic rings. The van der Waals surface area contributed by atoms with Crippen LogP contribution in [0.15, 0.2) is 69.3 Å². The molecule has 0 radical (unpaired) electrons. The van der Waals surface area contributed by atoms with Gasteiger partial charge in [-0.05, 0) is 30.2 Å². The Balaban J connectivity index is 1.70. The number of aromatic amines is 1. The van der Waals surface area contributed by atoms with E-state index >= 15 is 0 Å². The highest BCUT2D eigenvalue weighted by molar-refractivity contribution is 6.31. The summed E-state index contributed by atoms with van der Waals surface area (Å²) in [5.41, 5.74) is 3.97. The van der Waals surface area contributed by atoms with Crippen LogP contribution < -0.4 is 27.2 Å². The molecule has 0 saturated carbocycles. The van der Waals surface area contributed by atoms with Crippen molar-refractivity contribution in [2.45, 2.75) is 26.1 Å². The van der Waals surface area contributed by atoms with Crippen molar-refractivity contribution in [2.24, 2.45) is 5.16 Å². The lowest BCUT2D eigenvalue weighted by Crippen LogP contribution is -2.42. The summed E-state index contributed by atoms with van der Waals surface area (Å²) in [6, 6.07) is 12.9. The zero-order valence-electron chi connectivity index (χ0n) is 20.7. The Morgan fingerprint density at radius 2 is 1.87 bits per heavy atom. The summed E-state index contributed by atoms with van der Waals surface area (Å²) < 4.78 is 39.6. The van der Waals surface area contributed by atoms with Gasteiger partial charge in [0.25, 0.3) is 17.4 Å². The lowest BCUT2D eigenvalue weighted by atomic mass is 10.2. The molecule has 11 nitrogen and oxygen atoms in total. The number of carbonyl (C=O) groups excluding carboxylic acids is 2. The summed E-state index contributed by atoms with van der Waals surface area (Å²) in [4.78, 5) is 58.0. The zero-order chi connectivity index (χ0) is 28.6. The number of amides is 2. The van der Waals surface area contributed by atoms with Crippen LogP contribution in [0, 0.1) is 0 Å². The zero-order valence-corrected chi connectivity index (χ0v) is 20.7. The molecule has 3 aromatic rings. The second-order valence-corrected chi connectivity index (χ2v) is 8.19. The van der Waals surface area contributed by atoms with Gasteiger partial charge in [0.15, 0.2) is 12.3 Å². The number of nitrogens with zero attached hydrogens (tertiary/aromatic N) is 3. The summed E-state index contributed by atoms with van der Waals surface area (Å²) >= 11 is 0. The van der Waals surface area contributed by atoms with E-state index in [4.69, 9.17) is 10.6 Å². The van der Waals surface area contributed by atoms with Gasteiger partial charge in [0.1, 0.15) is 12.0 Å². The Morgan fingerprint density at radius 3 is 2.54 bits per heavy atom. The number of oxime groups is 1. The maximum atomic E-state index is 12.9. The molecule has 4 N–H and O–H groups in total. The van der Waals surface area contributed by atoms with Crippen LogP contribution in [0.1, 0.15) is 24.5 Å². The molecular weight excluding hydrogens is 521 g/mol. The quantitative estimate of drug-likeness (QED) is 0.263. The van der Waals surface area contributed by atoms with Crippen LogP contribution in [0.5, 0.6) is 0 Å². The molecule has 39 heavy (non-hydrogen) atoms. The van der Waals surface area contributed by atoms with Gasteiger partial charge in [-0.15, -0.1) is 0 Å². The van der Waals surface area contributed by atoms with E-state index < -0.39 is 41.4 Å². The molecule has 3 rings (SSSR count). The third-order valence-corrected chi connectivity index (χ3v) is 5.31. The van der Waals surface area contributed by atoms with Crippen LogP contribution in [0.25, 0.3) is 0 Å². The Morgan fingerprint density at radius 1 is 1.15 bits per heavy atom. The molecule has 2 amide bonds. The second-order valence-electron chi connectivity index (χ2n) is 8.19. The largest absolute Gasteiger partial charge is 0.416 e. The lowest BCUT2D eigenvalue weighted by molar-refractivity contribution is -0.137. The van der Waals surface area contributed by atoms with E-state index in [0.29, 0.717) is 12.6 Å². The first-order valence-corrected chi connectivity index (χ1v) is 11.6.